The molecule has 1 aromatic heterocycles. The number of anilines is 1. The predicted molar refractivity (Wildman–Crippen MR) is 98.8 cm³/mol. The summed E-state index contributed by atoms with van der Waals surface area (Å²) < 4.78 is 1.47. The molecule has 0 bridgehead atoms. The van der Waals surface area contributed by atoms with Gasteiger partial charge in [-0.15, -0.1) is 0 Å². The monoisotopic (exact) mass is 355 g/mol. The van der Waals surface area contributed by atoms with E-state index in [1.807, 2.05) is 37.3 Å². The zero-order valence-electron chi connectivity index (χ0n) is 13.8. The molecule has 25 heavy (non-hydrogen) atoms. The van der Waals surface area contributed by atoms with Gasteiger partial charge in [-0.3, -0.25) is 5.01 Å². The van der Waals surface area contributed by atoms with Gasteiger partial charge in [-0.1, -0.05) is 48.9 Å². The van der Waals surface area contributed by atoms with Crippen LogP contribution in [0.3, 0.4) is 0 Å². The van der Waals surface area contributed by atoms with Crippen molar-refractivity contribution in [2.24, 2.45) is 5.84 Å². The lowest BCUT2D eigenvalue weighted by atomic mass is 10.2. The molecule has 128 valence electrons. The topological polar surface area (TPSA) is 77.0 Å². The van der Waals surface area contributed by atoms with Crippen LogP contribution in [-0.4, -0.2) is 14.5 Å². The third-order valence-corrected chi connectivity index (χ3v) is 3.98. The normalized spacial score (nSPS) is 10.7. The number of aryl methyl sites for hydroxylation is 1. The highest BCUT2D eigenvalue weighted by atomic mass is 35.5. The molecular formula is C18H18ClN5O. The smallest absolute Gasteiger partial charge is 0.274 e. The number of hydrogen-bond acceptors (Lipinski definition) is 5. The number of nitrogens with two attached hydrogens (primary N) is 1. The SMILES string of the molecule is CCc1nc(N(N)Cc2ccccc2)nc(=O)n1-c1ccc(Cl)cc1. The Hall–Kier alpha value is -2.70. The second-order valence-electron chi connectivity index (χ2n) is 5.50. The van der Waals surface area contributed by atoms with E-state index < -0.39 is 5.69 Å². The van der Waals surface area contributed by atoms with Crippen LogP contribution >= 0.6 is 11.6 Å². The fourth-order valence-corrected chi connectivity index (χ4v) is 2.63. The Labute approximate surface area is 150 Å². The van der Waals surface area contributed by atoms with Crippen LogP contribution in [0.1, 0.15) is 18.3 Å². The molecule has 2 aromatic carbocycles. The Kier molecular flexibility index (Phi) is 5.11. The largest absolute Gasteiger partial charge is 0.356 e. The molecule has 1 heterocycles. The van der Waals surface area contributed by atoms with Gasteiger partial charge in [-0.25, -0.2) is 15.2 Å². The summed E-state index contributed by atoms with van der Waals surface area (Å²) in [5, 5.41) is 1.98. The first kappa shape index (κ1) is 17.1. The molecule has 0 amide bonds. The summed E-state index contributed by atoms with van der Waals surface area (Å²) in [5.41, 5.74) is 1.26. The maximum absolute atomic E-state index is 12.6. The lowest BCUT2D eigenvalue weighted by Gasteiger charge is -2.18. The molecule has 0 aliphatic rings. The second kappa shape index (κ2) is 7.46. The van der Waals surface area contributed by atoms with Gasteiger partial charge in [-0.2, -0.15) is 9.97 Å². The first-order valence-corrected chi connectivity index (χ1v) is 8.28. The summed E-state index contributed by atoms with van der Waals surface area (Å²) >= 11 is 5.91. The van der Waals surface area contributed by atoms with E-state index in [9.17, 15) is 4.79 Å². The number of benzene rings is 2. The molecule has 2 N–H and O–H groups in total. The zero-order chi connectivity index (χ0) is 17.8. The van der Waals surface area contributed by atoms with Gasteiger partial charge in [0.15, 0.2) is 0 Å². The average Bonchev–Trinajstić information content (AvgIpc) is 2.63. The molecule has 3 rings (SSSR count). The van der Waals surface area contributed by atoms with Gasteiger partial charge < -0.3 is 0 Å². The molecule has 0 radical (unpaired) electrons. The summed E-state index contributed by atoms with van der Waals surface area (Å²) in [7, 11) is 0. The van der Waals surface area contributed by atoms with Gasteiger partial charge in [0.2, 0.25) is 5.95 Å². The molecule has 0 saturated heterocycles. The molecule has 0 atom stereocenters. The quantitative estimate of drug-likeness (QED) is 0.562. The molecule has 7 heteroatoms. The van der Waals surface area contributed by atoms with Crippen LogP contribution < -0.4 is 16.5 Å². The van der Waals surface area contributed by atoms with Crippen LogP contribution in [0, 0.1) is 0 Å². The van der Waals surface area contributed by atoms with Crippen LogP contribution in [0.2, 0.25) is 5.02 Å². The van der Waals surface area contributed by atoms with Crippen molar-refractivity contribution in [2.45, 2.75) is 19.9 Å². The molecule has 0 saturated carbocycles. The third kappa shape index (κ3) is 3.87. The highest BCUT2D eigenvalue weighted by molar-refractivity contribution is 6.30. The van der Waals surface area contributed by atoms with Crippen molar-refractivity contribution in [2.75, 3.05) is 5.01 Å². The van der Waals surface area contributed by atoms with Gasteiger partial charge in [-0.05, 0) is 29.8 Å². The molecule has 0 unspecified atom stereocenters. The van der Waals surface area contributed by atoms with Crippen molar-refractivity contribution in [1.29, 1.82) is 0 Å². The van der Waals surface area contributed by atoms with E-state index in [1.54, 1.807) is 24.3 Å². The van der Waals surface area contributed by atoms with E-state index in [-0.39, 0.29) is 5.95 Å². The summed E-state index contributed by atoms with van der Waals surface area (Å²) in [6.07, 6.45) is 0.562. The Morgan fingerprint density at radius 2 is 1.76 bits per heavy atom. The van der Waals surface area contributed by atoms with Gasteiger partial charge in [0.05, 0.1) is 12.2 Å². The van der Waals surface area contributed by atoms with Crippen LogP contribution in [0.5, 0.6) is 0 Å². The van der Waals surface area contributed by atoms with Crippen molar-refractivity contribution in [3.05, 3.63) is 81.5 Å². The lowest BCUT2D eigenvalue weighted by Crippen LogP contribution is -2.36. The third-order valence-electron chi connectivity index (χ3n) is 3.73. The Morgan fingerprint density at radius 1 is 1.08 bits per heavy atom. The summed E-state index contributed by atoms with van der Waals surface area (Å²) in [6, 6.07) is 16.7. The van der Waals surface area contributed by atoms with Crippen molar-refractivity contribution in [3.8, 4) is 5.69 Å². The minimum Gasteiger partial charge on any atom is -0.274 e. The van der Waals surface area contributed by atoms with Crippen molar-refractivity contribution >= 4 is 17.5 Å². The predicted octanol–water partition coefficient (Wildman–Crippen LogP) is 2.72. The summed E-state index contributed by atoms with van der Waals surface area (Å²) in [5.74, 6) is 6.86. The fraction of sp³-hybridized carbons (Fsp3) is 0.167. The average molecular weight is 356 g/mol. The molecule has 0 aliphatic heterocycles. The standard InChI is InChI=1S/C18H18ClN5O/c1-2-16-21-17(23(20)12-13-6-4-3-5-7-13)22-18(25)24(16)15-10-8-14(19)9-11-15/h3-11H,2,12,20H2,1H3. The van der Waals surface area contributed by atoms with Crippen LogP contribution in [0.15, 0.2) is 59.4 Å². The highest BCUT2D eigenvalue weighted by Gasteiger charge is 2.14. The highest BCUT2D eigenvalue weighted by Crippen LogP contribution is 2.15. The molecule has 0 fully saturated rings. The Bertz CT molecular complexity index is 909. The van der Waals surface area contributed by atoms with Gasteiger partial charge in [0.1, 0.15) is 5.82 Å². The number of aromatic nitrogens is 3. The van der Waals surface area contributed by atoms with Crippen molar-refractivity contribution in [1.82, 2.24) is 14.5 Å². The van der Waals surface area contributed by atoms with Crippen molar-refractivity contribution < 1.29 is 0 Å². The van der Waals surface area contributed by atoms with E-state index in [4.69, 9.17) is 17.4 Å². The van der Waals surface area contributed by atoms with Crippen LogP contribution in [-0.2, 0) is 13.0 Å². The molecule has 6 nitrogen and oxygen atoms in total. The lowest BCUT2D eigenvalue weighted by molar-refractivity contribution is 0.722. The first-order valence-electron chi connectivity index (χ1n) is 7.90. The van der Waals surface area contributed by atoms with E-state index in [0.29, 0.717) is 29.5 Å². The van der Waals surface area contributed by atoms with E-state index in [1.165, 1.54) is 9.58 Å². The van der Waals surface area contributed by atoms with Crippen molar-refractivity contribution in [3.63, 3.8) is 0 Å². The van der Waals surface area contributed by atoms with E-state index in [2.05, 4.69) is 9.97 Å². The number of halogens is 1. The summed E-state index contributed by atoms with van der Waals surface area (Å²) in [6.45, 7) is 2.34. The van der Waals surface area contributed by atoms with Gasteiger partial charge in [0.25, 0.3) is 0 Å². The number of rotatable bonds is 5. The molecule has 3 aromatic rings. The van der Waals surface area contributed by atoms with Crippen LogP contribution in [0.4, 0.5) is 5.95 Å². The van der Waals surface area contributed by atoms with E-state index in [0.717, 1.165) is 5.56 Å². The van der Waals surface area contributed by atoms with E-state index >= 15 is 0 Å². The second-order valence-corrected chi connectivity index (χ2v) is 5.94. The minimum absolute atomic E-state index is 0.205. The minimum atomic E-state index is -0.423. The maximum atomic E-state index is 12.6. The number of nitrogens with zero attached hydrogens (tertiary/aromatic N) is 4. The molecule has 0 spiro atoms. The Balaban J connectivity index is 1.96. The van der Waals surface area contributed by atoms with Crippen LogP contribution in [0.25, 0.3) is 5.69 Å². The Morgan fingerprint density at radius 3 is 2.40 bits per heavy atom. The first-order chi connectivity index (χ1) is 12.1. The maximum Gasteiger partial charge on any atom is 0.356 e. The van der Waals surface area contributed by atoms with Gasteiger partial charge in [0, 0.05) is 11.4 Å². The summed E-state index contributed by atoms with van der Waals surface area (Å²) in [4.78, 5) is 21.1. The fourth-order valence-electron chi connectivity index (χ4n) is 2.50. The van der Waals surface area contributed by atoms with Gasteiger partial charge >= 0.3 is 5.69 Å². The number of hydrogen-bond donors (Lipinski definition) is 1. The molecule has 0 aliphatic carbocycles. The number of hydrazine groups is 1. The zero-order valence-corrected chi connectivity index (χ0v) is 14.5. The molecular weight excluding hydrogens is 338 g/mol.